The molecule has 4 heteroatoms. The van der Waals surface area contributed by atoms with E-state index in [-0.39, 0.29) is 17.3 Å². The molecular weight excluding hydrogens is 230 g/mol. The second kappa shape index (κ2) is 3.92. The third kappa shape index (κ3) is 1.64. The van der Waals surface area contributed by atoms with Crippen LogP contribution in [0.15, 0.2) is 30.3 Å². The number of fused-ring (bicyclic) bond motifs is 1. The minimum atomic E-state index is -0.330. The van der Waals surface area contributed by atoms with Gasteiger partial charge in [-0.1, -0.05) is 25.1 Å². The monoisotopic (exact) mass is 245 g/mol. The normalized spacial score (nSPS) is 33.8. The molecule has 4 nitrogen and oxygen atoms in total. The zero-order valence-electron chi connectivity index (χ0n) is 10.2. The minimum Gasteiger partial charge on any atom is -0.364 e. The van der Waals surface area contributed by atoms with Crippen LogP contribution >= 0.6 is 0 Å². The quantitative estimate of drug-likeness (QED) is 0.758. The van der Waals surface area contributed by atoms with Crippen molar-refractivity contribution in [2.45, 2.75) is 6.92 Å². The van der Waals surface area contributed by atoms with Crippen molar-refractivity contribution in [3.63, 3.8) is 0 Å². The van der Waals surface area contributed by atoms with Crippen molar-refractivity contribution >= 4 is 12.3 Å². The lowest BCUT2D eigenvalue weighted by Crippen LogP contribution is -2.30. The third-order valence-electron chi connectivity index (χ3n) is 4.22. The maximum atomic E-state index is 11.8. The zero-order valence-corrected chi connectivity index (χ0v) is 10.2. The molecule has 1 saturated carbocycles. The van der Waals surface area contributed by atoms with Crippen LogP contribution in [0.2, 0.25) is 0 Å². The highest BCUT2D eigenvalue weighted by atomic mass is 16.7. The van der Waals surface area contributed by atoms with Crippen molar-refractivity contribution in [3.8, 4) is 0 Å². The van der Waals surface area contributed by atoms with E-state index in [1.807, 2.05) is 18.2 Å². The van der Waals surface area contributed by atoms with Crippen molar-refractivity contribution in [2.75, 3.05) is 13.1 Å². The minimum absolute atomic E-state index is 0.0126. The summed E-state index contributed by atoms with van der Waals surface area (Å²) >= 11 is 0. The van der Waals surface area contributed by atoms with Gasteiger partial charge in [0.15, 0.2) is 0 Å². The van der Waals surface area contributed by atoms with Crippen LogP contribution < -0.4 is 0 Å². The van der Waals surface area contributed by atoms with Crippen LogP contribution in [0.5, 0.6) is 0 Å². The number of hydrogen-bond acceptors (Lipinski definition) is 4. The van der Waals surface area contributed by atoms with E-state index in [1.165, 1.54) is 0 Å². The van der Waals surface area contributed by atoms with Gasteiger partial charge in [0.05, 0.1) is 5.56 Å². The Morgan fingerprint density at radius 2 is 2.17 bits per heavy atom. The van der Waals surface area contributed by atoms with E-state index in [0.29, 0.717) is 24.6 Å². The predicted octanol–water partition coefficient (Wildman–Crippen LogP) is 1.53. The Morgan fingerprint density at radius 3 is 2.72 bits per heavy atom. The van der Waals surface area contributed by atoms with Crippen molar-refractivity contribution < 1.29 is 14.4 Å². The molecule has 0 radical (unpaired) electrons. The summed E-state index contributed by atoms with van der Waals surface area (Å²) in [7, 11) is 0. The Bertz CT molecular complexity index is 487. The summed E-state index contributed by atoms with van der Waals surface area (Å²) in [5.74, 6) is 0.158. The standard InChI is InChI=1S/C14H15NO3/c1-14-9-15(7-11(14)12(14)8-16)18-13(17)10-5-3-2-4-6-10/h2-6,8,11-12H,7,9H2,1H3/t11?,12-,14+/m0/s1. The zero-order chi connectivity index (χ0) is 12.8. The summed E-state index contributed by atoms with van der Waals surface area (Å²) in [6.07, 6.45) is 1.03. The first-order valence-electron chi connectivity index (χ1n) is 6.13. The average molecular weight is 245 g/mol. The molecule has 0 bridgehead atoms. The van der Waals surface area contributed by atoms with Crippen molar-refractivity contribution in [3.05, 3.63) is 35.9 Å². The number of hydrogen-bond donors (Lipinski definition) is 0. The fourth-order valence-corrected chi connectivity index (χ4v) is 2.97. The maximum absolute atomic E-state index is 11.8. The number of carbonyl (C=O) groups is 2. The van der Waals surface area contributed by atoms with Gasteiger partial charge in [-0.25, -0.2) is 4.79 Å². The van der Waals surface area contributed by atoms with Crippen LogP contribution in [0.1, 0.15) is 17.3 Å². The van der Waals surface area contributed by atoms with Gasteiger partial charge in [-0.2, -0.15) is 0 Å². The Hall–Kier alpha value is -1.68. The second-order valence-corrected chi connectivity index (χ2v) is 5.34. The molecule has 1 saturated heterocycles. The largest absolute Gasteiger partial charge is 0.364 e. The van der Waals surface area contributed by atoms with Gasteiger partial charge in [-0.15, -0.1) is 5.06 Å². The number of aldehydes is 1. The van der Waals surface area contributed by atoms with Crippen LogP contribution in [0.4, 0.5) is 0 Å². The molecule has 2 aliphatic rings. The van der Waals surface area contributed by atoms with Crippen molar-refractivity contribution in [1.29, 1.82) is 0 Å². The fraction of sp³-hybridized carbons (Fsp3) is 0.429. The van der Waals surface area contributed by atoms with Gasteiger partial charge < -0.3 is 9.63 Å². The average Bonchev–Trinajstić information content (AvgIpc) is 2.77. The Kier molecular flexibility index (Phi) is 2.48. The number of piperidine rings is 1. The van der Waals surface area contributed by atoms with Gasteiger partial charge in [0.25, 0.3) is 0 Å². The summed E-state index contributed by atoms with van der Waals surface area (Å²) < 4.78 is 0. The Labute approximate surface area is 105 Å². The maximum Gasteiger partial charge on any atom is 0.357 e. The molecule has 3 rings (SSSR count). The van der Waals surface area contributed by atoms with E-state index < -0.39 is 0 Å². The molecular formula is C14H15NO3. The van der Waals surface area contributed by atoms with Gasteiger partial charge in [-0.05, 0) is 23.5 Å². The molecule has 1 aliphatic heterocycles. The van der Waals surface area contributed by atoms with E-state index in [0.717, 1.165) is 6.29 Å². The highest BCUT2D eigenvalue weighted by Crippen LogP contribution is 2.61. The van der Waals surface area contributed by atoms with Gasteiger partial charge in [0.2, 0.25) is 0 Å². The van der Waals surface area contributed by atoms with Crippen LogP contribution in [-0.4, -0.2) is 30.4 Å². The lowest BCUT2D eigenvalue weighted by molar-refractivity contribution is -0.117. The fourth-order valence-electron chi connectivity index (χ4n) is 2.97. The first kappa shape index (κ1) is 11.4. The number of rotatable bonds is 3. The van der Waals surface area contributed by atoms with Crippen molar-refractivity contribution in [2.24, 2.45) is 17.3 Å². The lowest BCUT2D eigenvalue weighted by Gasteiger charge is -2.19. The highest BCUT2D eigenvalue weighted by Gasteiger charge is 2.66. The topological polar surface area (TPSA) is 46.6 Å². The smallest absolute Gasteiger partial charge is 0.357 e. The predicted molar refractivity (Wildman–Crippen MR) is 64.6 cm³/mol. The number of benzene rings is 1. The molecule has 2 fully saturated rings. The van der Waals surface area contributed by atoms with Gasteiger partial charge in [0, 0.05) is 19.0 Å². The summed E-state index contributed by atoms with van der Waals surface area (Å²) in [5.41, 5.74) is 0.564. The molecule has 1 aromatic carbocycles. The molecule has 3 atom stereocenters. The van der Waals surface area contributed by atoms with Crippen LogP contribution in [0.3, 0.4) is 0 Å². The molecule has 0 N–H and O–H groups in total. The molecule has 0 aromatic heterocycles. The van der Waals surface area contributed by atoms with Crippen LogP contribution in [-0.2, 0) is 9.63 Å². The molecule has 1 aliphatic carbocycles. The first-order valence-corrected chi connectivity index (χ1v) is 6.13. The van der Waals surface area contributed by atoms with E-state index in [2.05, 4.69) is 6.92 Å². The molecule has 0 amide bonds. The van der Waals surface area contributed by atoms with Crippen LogP contribution in [0, 0.1) is 17.3 Å². The number of nitrogens with zero attached hydrogens (tertiary/aromatic N) is 1. The molecule has 1 aromatic rings. The number of hydroxylamine groups is 2. The van der Waals surface area contributed by atoms with E-state index >= 15 is 0 Å². The van der Waals surface area contributed by atoms with Crippen molar-refractivity contribution in [1.82, 2.24) is 5.06 Å². The Morgan fingerprint density at radius 1 is 1.44 bits per heavy atom. The van der Waals surface area contributed by atoms with Gasteiger partial charge in [-0.3, -0.25) is 0 Å². The van der Waals surface area contributed by atoms with E-state index in [9.17, 15) is 9.59 Å². The first-order chi connectivity index (χ1) is 8.65. The summed E-state index contributed by atoms with van der Waals surface area (Å²) in [4.78, 5) is 28.0. The second-order valence-electron chi connectivity index (χ2n) is 5.34. The van der Waals surface area contributed by atoms with Gasteiger partial charge in [0.1, 0.15) is 6.29 Å². The molecule has 0 spiro atoms. The third-order valence-corrected chi connectivity index (χ3v) is 4.22. The lowest BCUT2D eigenvalue weighted by atomic mass is 10.1. The Balaban J connectivity index is 1.61. The van der Waals surface area contributed by atoms with Crippen LogP contribution in [0.25, 0.3) is 0 Å². The SMILES string of the molecule is C[C@@]12CN(OC(=O)c3ccccc3)CC1[C@@H]2C=O. The molecule has 18 heavy (non-hydrogen) atoms. The summed E-state index contributed by atoms with van der Waals surface area (Å²) in [6.45, 7) is 3.39. The molecule has 94 valence electrons. The summed E-state index contributed by atoms with van der Waals surface area (Å²) in [5, 5.41) is 1.68. The van der Waals surface area contributed by atoms with Gasteiger partial charge >= 0.3 is 5.97 Å². The van der Waals surface area contributed by atoms with E-state index in [4.69, 9.17) is 4.84 Å². The molecule has 1 unspecified atom stereocenters. The van der Waals surface area contributed by atoms with E-state index in [1.54, 1.807) is 17.2 Å². The number of carbonyl (C=O) groups excluding carboxylic acids is 2. The summed E-state index contributed by atoms with van der Waals surface area (Å²) in [6, 6.07) is 8.94. The highest BCUT2D eigenvalue weighted by molar-refractivity contribution is 5.89. The molecule has 1 heterocycles.